The molecule has 0 aliphatic rings. The Kier molecular flexibility index (Phi) is 5.84. The summed E-state index contributed by atoms with van der Waals surface area (Å²) in [7, 11) is 1.58. The van der Waals surface area contributed by atoms with Crippen LogP contribution in [0.15, 0.2) is 66.7 Å². The molecule has 0 unspecified atom stereocenters. The van der Waals surface area contributed by atoms with Crippen molar-refractivity contribution >= 4 is 34.8 Å². The maximum Gasteiger partial charge on any atom is 0.255 e. The van der Waals surface area contributed by atoms with Gasteiger partial charge in [-0.05, 0) is 67.1 Å². The van der Waals surface area contributed by atoms with Crippen LogP contribution in [0.4, 0.5) is 5.69 Å². The molecule has 0 bridgehead atoms. The Balaban J connectivity index is 1.68. The summed E-state index contributed by atoms with van der Waals surface area (Å²) in [5, 5.41) is 2.86. The normalized spacial score (nSPS) is 10.7. The highest BCUT2D eigenvalue weighted by atomic mass is 32.1. The summed E-state index contributed by atoms with van der Waals surface area (Å²) in [6.45, 7) is 1.97. The van der Waals surface area contributed by atoms with Gasteiger partial charge in [0.05, 0.1) is 12.0 Å². The molecule has 3 aromatic rings. The summed E-state index contributed by atoms with van der Waals surface area (Å²) in [5.41, 5.74) is 2.04. The molecule has 136 valence electrons. The lowest BCUT2D eigenvalue weighted by molar-refractivity contribution is 0.102. The average Bonchev–Trinajstić information content (AvgIpc) is 3.13. The van der Waals surface area contributed by atoms with Crippen LogP contribution in [0.1, 0.15) is 30.5 Å². The van der Waals surface area contributed by atoms with Crippen molar-refractivity contribution in [2.24, 2.45) is 0 Å². The first kappa shape index (κ1) is 18.6. The van der Waals surface area contributed by atoms with Crippen LogP contribution in [0.25, 0.3) is 6.08 Å². The van der Waals surface area contributed by atoms with Gasteiger partial charge in [-0.1, -0.05) is 18.2 Å². The van der Waals surface area contributed by atoms with E-state index in [9.17, 15) is 9.59 Å². The van der Waals surface area contributed by atoms with Crippen molar-refractivity contribution in [3.8, 4) is 5.75 Å². The molecule has 4 nitrogen and oxygen atoms in total. The zero-order chi connectivity index (χ0) is 19.2. The summed E-state index contributed by atoms with van der Waals surface area (Å²) in [4.78, 5) is 26.4. The molecule has 5 heteroatoms. The minimum absolute atomic E-state index is 0.0271. The van der Waals surface area contributed by atoms with Crippen molar-refractivity contribution in [1.82, 2.24) is 0 Å². The minimum atomic E-state index is -0.205. The van der Waals surface area contributed by atoms with E-state index in [0.29, 0.717) is 21.9 Å². The first-order valence-electron chi connectivity index (χ1n) is 8.39. The van der Waals surface area contributed by atoms with E-state index in [-0.39, 0.29) is 11.7 Å². The quantitative estimate of drug-likeness (QED) is 0.474. The molecule has 1 N–H and O–H groups in total. The number of anilines is 1. The largest absolute Gasteiger partial charge is 0.497 e. The lowest BCUT2D eigenvalue weighted by atomic mass is 10.1. The van der Waals surface area contributed by atoms with E-state index in [1.54, 1.807) is 43.5 Å². The number of nitrogens with one attached hydrogen (secondary N) is 1. The van der Waals surface area contributed by atoms with Gasteiger partial charge in [0.1, 0.15) is 5.75 Å². The second-order valence-corrected chi connectivity index (χ2v) is 7.20. The first-order valence-corrected chi connectivity index (χ1v) is 9.21. The maximum atomic E-state index is 12.4. The Morgan fingerprint density at radius 2 is 1.81 bits per heavy atom. The van der Waals surface area contributed by atoms with Gasteiger partial charge < -0.3 is 10.1 Å². The zero-order valence-corrected chi connectivity index (χ0v) is 15.9. The first-order chi connectivity index (χ1) is 13.0. The molecule has 0 atom stereocenters. The molecule has 0 aliphatic carbocycles. The average molecular weight is 377 g/mol. The monoisotopic (exact) mass is 377 g/mol. The number of benzene rings is 2. The molecule has 0 saturated heterocycles. The maximum absolute atomic E-state index is 12.4. The van der Waals surface area contributed by atoms with Gasteiger partial charge in [0.2, 0.25) is 0 Å². The van der Waals surface area contributed by atoms with E-state index in [1.807, 2.05) is 43.3 Å². The molecule has 0 aliphatic heterocycles. The molecule has 1 heterocycles. The number of carbonyl (C=O) groups is 2. The zero-order valence-electron chi connectivity index (χ0n) is 15.1. The van der Waals surface area contributed by atoms with Crippen molar-refractivity contribution in [2.45, 2.75) is 6.92 Å². The molecule has 0 spiro atoms. The van der Waals surface area contributed by atoms with Crippen molar-refractivity contribution in [3.63, 3.8) is 0 Å². The molecule has 0 saturated carbocycles. The number of rotatable bonds is 6. The highest BCUT2D eigenvalue weighted by Gasteiger charge is 2.07. The van der Waals surface area contributed by atoms with Gasteiger partial charge in [-0.25, -0.2) is 0 Å². The second-order valence-electron chi connectivity index (χ2n) is 5.92. The van der Waals surface area contributed by atoms with Crippen LogP contribution in [-0.4, -0.2) is 18.8 Å². The van der Waals surface area contributed by atoms with Crippen LogP contribution in [0, 0.1) is 6.92 Å². The molecular formula is C22H19NO3S. The van der Waals surface area contributed by atoms with Gasteiger partial charge in [0.25, 0.3) is 5.91 Å². The molecule has 2 aromatic carbocycles. The second kappa shape index (κ2) is 8.47. The summed E-state index contributed by atoms with van der Waals surface area (Å²) >= 11 is 1.48. The Bertz CT molecular complexity index is 987. The van der Waals surface area contributed by atoms with E-state index in [4.69, 9.17) is 4.74 Å². The van der Waals surface area contributed by atoms with Gasteiger partial charge in [0, 0.05) is 16.1 Å². The number of methoxy groups -OCH3 is 1. The van der Waals surface area contributed by atoms with Crippen molar-refractivity contribution in [2.75, 3.05) is 12.4 Å². The number of hydrogen-bond acceptors (Lipinski definition) is 4. The molecule has 0 radical (unpaired) electrons. The smallest absolute Gasteiger partial charge is 0.255 e. The van der Waals surface area contributed by atoms with Crippen LogP contribution in [0.3, 0.4) is 0 Å². The van der Waals surface area contributed by atoms with Crippen LogP contribution >= 0.6 is 11.3 Å². The molecule has 1 amide bonds. The molecule has 3 rings (SSSR count). The third-order valence-corrected chi connectivity index (χ3v) is 4.92. The highest BCUT2D eigenvalue weighted by Crippen LogP contribution is 2.18. The Hall–Kier alpha value is -3.18. The fraction of sp³-hybridized carbons (Fsp3) is 0.0909. The van der Waals surface area contributed by atoms with Crippen molar-refractivity contribution < 1.29 is 14.3 Å². The number of ether oxygens (including phenoxy) is 1. The SMILES string of the molecule is COc1ccc(C(=O)Nc2cccc(/C=C/C(=O)c3ccc(C)s3)c2)cc1. The van der Waals surface area contributed by atoms with E-state index in [2.05, 4.69) is 5.32 Å². The summed E-state index contributed by atoms with van der Waals surface area (Å²) in [6, 6.07) is 18.0. The van der Waals surface area contributed by atoms with E-state index in [0.717, 1.165) is 10.4 Å². The lowest BCUT2D eigenvalue weighted by Gasteiger charge is -2.07. The lowest BCUT2D eigenvalue weighted by Crippen LogP contribution is -2.11. The number of amides is 1. The summed E-state index contributed by atoms with van der Waals surface area (Å²) in [5.74, 6) is 0.467. The fourth-order valence-electron chi connectivity index (χ4n) is 2.49. The number of thiophene rings is 1. The highest BCUT2D eigenvalue weighted by molar-refractivity contribution is 7.14. The van der Waals surface area contributed by atoms with Gasteiger partial charge in [-0.2, -0.15) is 0 Å². The van der Waals surface area contributed by atoms with Crippen molar-refractivity contribution in [3.05, 3.63) is 87.6 Å². The fourth-order valence-corrected chi connectivity index (χ4v) is 3.27. The van der Waals surface area contributed by atoms with Gasteiger partial charge in [-0.3, -0.25) is 9.59 Å². The Morgan fingerprint density at radius 1 is 1.04 bits per heavy atom. The Labute approximate surface area is 162 Å². The number of ketones is 1. The predicted octanol–water partition coefficient (Wildman–Crippen LogP) is 5.21. The Morgan fingerprint density at radius 3 is 2.48 bits per heavy atom. The molecule has 0 fully saturated rings. The van der Waals surface area contributed by atoms with E-state index in [1.165, 1.54) is 11.3 Å². The van der Waals surface area contributed by atoms with Crippen LogP contribution in [0.5, 0.6) is 5.75 Å². The standard InChI is InChI=1S/C22H19NO3S/c1-15-6-13-21(27-15)20(24)12-7-16-4-3-5-18(14-16)23-22(25)17-8-10-19(26-2)11-9-17/h3-14H,1-2H3,(H,23,25)/b12-7+. The van der Waals surface area contributed by atoms with E-state index >= 15 is 0 Å². The van der Waals surface area contributed by atoms with Crippen LogP contribution in [0.2, 0.25) is 0 Å². The molecular weight excluding hydrogens is 358 g/mol. The predicted molar refractivity (Wildman–Crippen MR) is 110 cm³/mol. The summed E-state index contributed by atoms with van der Waals surface area (Å²) in [6.07, 6.45) is 3.30. The molecule has 27 heavy (non-hydrogen) atoms. The number of hydrogen-bond donors (Lipinski definition) is 1. The van der Waals surface area contributed by atoms with Gasteiger partial charge >= 0.3 is 0 Å². The molecule has 1 aromatic heterocycles. The number of allylic oxidation sites excluding steroid dienone is 1. The number of aryl methyl sites for hydroxylation is 1. The third-order valence-electron chi connectivity index (χ3n) is 3.91. The third kappa shape index (κ3) is 4.92. The van der Waals surface area contributed by atoms with Crippen molar-refractivity contribution in [1.29, 1.82) is 0 Å². The number of carbonyl (C=O) groups excluding carboxylic acids is 2. The van der Waals surface area contributed by atoms with Gasteiger partial charge in [-0.15, -0.1) is 11.3 Å². The van der Waals surface area contributed by atoms with E-state index < -0.39 is 0 Å². The minimum Gasteiger partial charge on any atom is -0.497 e. The summed E-state index contributed by atoms with van der Waals surface area (Å²) < 4.78 is 5.10. The van der Waals surface area contributed by atoms with Crippen LogP contribution in [-0.2, 0) is 0 Å². The van der Waals surface area contributed by atoms with Crippen LogP contribution < -0.4 is 10.1 Å². The van der Waals surface area contributed by atoms with Gasteiger partial charge in [0.15, 0.2) is 5.78 Å². The topological polar surface area (TPSA) is 55.4 Å².